The van der Waals surface area contributed by atoms with Gasteiger partial charge in [-0.3, -0.25) is 9.98 Å². The fourth-order valence-corrected chi connectivity index (χ4v) is 2.97. The number of rotatable bonds is 11. The van der Waals surface area contributed by atoms with E-state index in [1.165, 1.54) is 0 Å². The lowest BCUT2D eigenvalue weighted by molar-refractivity contribution is 0.0702. The highest BCUT2D eigenvalue weighted by Crippen LogP contribution is 2.32. The summed E-state index contributed by atoms with van der Waals surface area (Å²) >= 11 is 0. The maximum Gasteiger partial charge on any atom is 0.195 e. The van der Waals surface area contributed by atoms with Gasteiger partial charge in [0.25, 0.3) is 0 Å². The summed E-state index contributed by atoms with van der Waals surface area (Å²) in [4.78, 5) is 9.06. The first kappa shape index (κ1) is 26.1. The predicted molar refractivity (Wildman–Crippen MR) is 137 cm³/mol. The van der Waals surface area contributed by atoms with Crippen LogP contribution in [0.1, 0.15) is 18.5 Å². The van der Waals surface area contributed by atoms with E-state index in [1.807, 2.05) is 42.6 Å². The third-order valence-electron chi connectivity index (χ3n) is 4.56. The Balaban J connectivity index is 0.00000363. The van der Waals surface area contributed by atoms with Crippen molar-refractivity contribution in [3.8, 4) is 11.5 Å². The highest BCUT2D eigenvalue weighted by Gasteiger charge is 2.11. The standard InChI is InChI=1S/C23H32N4O4.HI/c1-28-16-17-29-13-4-11-25-23(26-12-9-19-6-2-3-10-24-19)27-20-7-8-21-22(18-20)31-15-5-14-30-21;/h2-3,6-8,10,18H,4-5,9,11-17H2,1H3,(H2,25,26,27);1H. The van der Waals surface area contributed by atoms with Crippen LogP contribution in [0.25, 0.3) is 0 Å². The number of pyridine rings is 1. The molecule has 0 aliphatic carbocycles. The summed E-state index contributed by atoms with van der Waals surface area (Å²) in [6.07, 6.45) is 4.33. The summed E-state index contributed by atoms with van der Waals surface area (Å²) in [5.74, 6) is 2.24. The maximum absolute atomic E-state index is 5.79. The average Bonchev–Trinajstić information content (AvgIpc) is 3.04. The maximum atomic E-state index is 5.79. The van der Waals surface area contributed by atoms with Crippen LogP contribution in [0.4, 0.5) is 5.69 Å². The number of anilines is 1. The number of halogens is 1. The Morgan fingerprint density at radius 1 is 1.09 bits per heavy atom. The van der Waals surface area contributed by atoms with Crippen LogP contribution in [0.3, 0.4) is 0 Å². The van der Waals surface area contributed by atoms with Crippen molar-refractivity contribution >= 4 is 35.6 Å². The molecule has 0 atom stereocenters. The smallest absolute Gasteiger partial charge is 0.195 e. The first-order valence-electron chi connectivity index (χ1n) is 10.8. The molecule has 176 valence electrons. The lowest BCUT2D eigenvalue weighted by Crippen LogP contribution is -2.33. The number of aliphatic imine (C=N–C) groups is 1. The number of nitrogens with zero attached hydrogens (tertiary/aromatic N) is 2. The van der Waals surface area contributed by atoms with Gasteiger partial charge in [-0.05, 0) is 30.7 Å². The van der Waals surface area contributed by atoms with Gasteiger partial charge in [0, 0.05) is 63.3 Å². The van der Waals surface area contributed by atoms with E-state index in [2.05, 4.69) is 20.6 Å². The normalized spacial score (nSPS) is 13.1. The fraction of sp³-hybridized carbons (Fsp3) is 0.478. The predicted octanol–water partition coefficient (Wildman–Crippen LogP) is 3.51. The van der Waals surface area contributed by atoms with Crippen LogP contribution in [0.2, 0.25) is 0 Å². The van der Waals surface area contributed by atoms with Crippen molar-refractivity contribution in [2.45, 2.75) is 19.3 Å². The zero-order valence-corrected chi connectivity index (χ0v) is 20.9. The van der Waals surface area contributed by atoms with Crippen molar-refractivity contribution in [3.05, 3.63) is 48.3 Å². The molecule has 2 aromatic rings. The van der Waals surface area contributed by atoms with E-state index in [0.717, 1.165) is 48.7 Å². The van der Waals surface area contributed by atoms with Crippen LogP contribution in [-0.4, -0.2) is 64.2 Å². The lowest BCUT2D eigenvalue weighted by Gasteiger charge is -2.14. The average molecular weight is 556 g/mol. The zero-order valence-electron chi connectivity index (χ0n) is 18.5. The van der Waals surface area contributed by atoms with Crippen molar-refractivity contribution in [1.29, 1.82) is 0 Å². The quantitative estimate of drug-likeness (QED) is 0.190. The van der Waals surface area contributed by atoms with Crippen molar-refractivity contribution in [2.75, 3.05) is 58.6 Å². The number of methoxy groups -OCH3 is 1. The minimum Gasteiger partial charge on any atom is -0.490 e. The Labute approximate surface area is 207 Å². The van der Waals surface area contributed by atoms with E-state index in [0.29, 0.717) is 45.5 Å². The third-order valence-corrected chi connectivity index (χ3v) is 4.56. The van der Waals surface area contributed by atoms with Gasteiger partial charge in [0.15, 0.2) is 17.5 Å². The number of ether oxygens (including phenoxy) is 4. The topological polar surface area (TPSA) is 86.2 Å². The monoisotopic (exact) mass is 556 g/mol. The largest absolute Gasteiger partial charge is 0.490 e. The Morgan fingerprint density at radius 2 is 1.97 bits per heavy atom. The van der Waals surface area contributed by atoms with Crippen molar-refractivity contribution in [2.24, 2.45) is 4.99 Å². The summed E-state index contributed by atoms with van der Waals surface area (Å²) < 4.78 is 22.0. The second-order valence-electron chi connectivity index (χ2n) is 7.02. The number of hydrogen-bond donors (Lipinski definition) is 2. The van der Waals surface area contributed by atoms with Crippen molar-refractivity contribution in [1.82, 2.24) is 10.3 Å². The van der Waals surface area contributed by atoms with Crippen LogP contribution in [0, 0.1) is 0 Å². The first-order chi connectivity index (χ1) is 15.3. The fourth-order valence-electron chi connectivity index (χ4n) is 2.97. The summed E-state index contributed by atoms with van der Waals surface area (Å²) in [6.45, 7) is 4.56. The van der Waals surface area contributed by atoms with Crippen LogP contribution in [0.5, 0.6) is 11.5 Å². The van der Waals surface area contributed by atoms with Crippen molar-refractivity contribution < 1.29 is 18.9 Å². The third kappa shape index (κ3) is 9.58. The molecule has 0 fully saturated rings. The molecule has 8 nitrogen and oxygen atoms in total. The molecular weight excluding hydrogens is 523 g/mol. The van der Waals surface area contributed by atoms with Gasteiger partial charge in [-0.15, -0.1) is 24.0 Å². The minimum absolute atomic E-state index is 0. The molecular formula is C23H33IN4O4. The molecule has 2 N–H and O–H groups in total. The molecule has 0 amide bonds. The molecule has 0 saturated carbocycles. The Hall–Kier alpha value is -2.11. The summed E-state index contributed by atoms with van der Waals surface area (Å²) in [5, 5.41) is 6.76. The van der Waals surface area contributed by atoms with Gasteiger partial charge in [0.05, 0.1) is 26.4 Å². The van der Waals surface area contributed by atoms with E-state index >= 15 is 0 Å². The van der Waals surface area contributed by atoms with E-state index in [1.54, 1.807) is 7.11 Å². The first-order valence-corrected chi connectivity index (χ1v) is 10.8. The van der Waals surface area contributed by atoms with Gasteiger partial charge < -0.3 is 29.6 Å². The second kappa shape index (κ2) is 15.7. The molecule has 0 radical (unpaired) electrons. The summed E-state index contributed by atoms with van der Waals surface area (Å²) in [7, 11) is 1.67. The number of fused-ring (bicyclic) bond motifs is 1. The van der Waals surface area contributed by atoms with Gasteiger partial charge in [0.2, 0.25) is 0 Å². The van der Waals surface area contributed by atoms with Crippen LogP contribution in [-0.2, 0) is 15.9 Å². The SMILES string of the molecule is COCCOCCCN=C(NCCc1ccccn1)Nc1ccc2c(c1)OCCCO2.I. The molecule has 0 saturated heterocycles. The number of benzene rings is 1. The number of hydrogen-bond acceptors (Lipinski definition) is 6. The highest BCUT2D eigenvalue weighted by atomic mass is 127. The summed E-state index contributed by atoms with van der Waals surface area (Å²) in [5.41, 5.74) is 1.93. The van der Waals surface area contributed by atoms with E-state index in [9.17, 15) is 0 Å². The highest BCUT2D eigenvalue weighted by molar-refractivity contribution is 14.0. The number of aromatic nitrogens is 1. The Kier molecular flexibility index (Phi) is 12.8. The van der Waals surface area contributed by atoms with E-state index in [-0.39, 0.29) is 24.0 Å². The molecule has 1 aromatic heterocycles. The molecule has 9 heteroatoms. The summed E-state index contributed by atoms with van der Waals surface area (Å²) in [6, 6.07) is 11.8. The molecule has 2 heterocycles. The zero-order chi connectivity index (χ0) is 21.6. The molecule has 1 aliphatic rings. The Morgan fingerprint density at radius 3 is 2.78 bits per heavy atom. The Bertz CT molecular complexity index is 808. The molecule has 1 aromatic carbocycles. The molecule has 3 rings (SSSR count). The molecule has 0 unspecified atom stereocenters. The van der Waals surface area contributed by atoms with Gasteiger partial charge in [-0.2, -0.15) is 0 Å². The van der Waals surface area contributed by atoms with Gasteiger partial charge in [-0.25, -0.2) is 0 Å². The van der Waals surface area contributed by atoms with Crippen LogP contribution in [0.15, 0.2) is 47.6 Å². The van der Waals surface area contributed by atoms with Crippen molar-refractivity contribution in [3.63, 3.8) is 0 Å². The van der Waals surface area contributed by atoms with Gasteiger partial charge in [-0.1, -0.05) is 6.07 Å². The number of nitrogens with one attached hydrogen (secondary N) is 2. The number of guanidine groups is 1. The molecule has 1 aliphatic heterocycles. The molecule has 32 heavy (non-hydrogen) atoms. The lowest BCUT2D eigenvalue weighted by atomic mass is 10.2. The molecule has 0 bridgehead atoms. The molecule has 0 spiro atoms. The van der Waals surface area contributed by atoms with Crippen LogP contribution < -0.4 is 20.1 Å². The second-order valence-corrected chi connectivity index (χ2v) is 7.02. The van der Waals surface area contributed by atoms with E-state index in [4.69, 9.17) is 18.9 Å². The minimum atomic E-state index is 0. The van der Waals surface area contributed by atoms with Gasteiger partial charge in [0.1, 0.15) is 0 Å². The van der Waals surface area contributed by atoms with Gasteiger partial charge >= 0.3 is 0 Å². The van der Waals surface area contributed by atoms with Crippen LogP contribution >= 0.6 is 24.0 Å². The van der Waals surface area contributed by atoms with E-state index < -0.39 is 0 Å².